The Balaban J connectivity index is 2.09. The lowest BCUT2D eigenvalue weighted by Crippen LogP contribution is -2.37. The molecule has 4 heteroatoms. The van der Waals surface area contributed by atoms with E-state index in [9.17, 15) is 0 Å². The molecular weight excluding hydrogens is 304 g/mol. The number of hydrogen-bond acceptors (Lipinski definition) is 3. The van der Waals surface area contributed by atoms with Gasteiger partial charge in [-0.1, -0.05) is 15.9 Å². The van der Waals surface area contributed by atoms with Gasteiger partial charge >= 0.3 is 0 Å². The summed E-state index contributed by atoms with van der Waals surface area (Å²) in [5.41, 5.74) is 1.27. The van der Waals surface area contributed by atoms with Gasteiger partial charge in [0.25, 0.3) is 0 Å². The molecule has 0 spiro atoms. The molecule has 19 heavy (non-hydrogen) atoms. The Morgan fingerprint density at radius 2 is 2.21 bits per heavy atom. The number of benzene rings is 1. The van der Waals surface area contributed by atoms with Crippen LogP contribution in [0.25, 0.3) is 0 Å². The van der Waals surface area contributed by atoms with Crippen LogP contribution >= 0.6 is 15.9 Å². The summed E-state index contributed by atoms with van der Waals surface area (Å²) in [5, 5.41) is 0. The first-order valence-electron chi connectivity index (χ1n) is 6.81. The molecule has 0 aromatic heterocycles. The first-order chi connectivity index (χ1) is 9.10. The molecule has 1 fully saturated rings. The third-order valence-corrected chi connectivity index (χ3v) is 4.18. The van der Waals surface area contributed by atoms with Crippen LogP contribution in [0.3, 0.4) is 0 Å². The number of likely N-dealkylation sites (tertiary alicyclic amines) is 1. The Labute approximate surface area is 124 Å². The summed E-state index contributed by atoms with van der Waals surface area (Å²) >= 11 is 3.55. The highest BCUT2D eigenvalue weighted by Gasteiger charge is 2.25. The van der Waals surface area contributed by atoms with Gasteiger partial charge in [0, 0.05) is 29.2 Å². The lowest BCUT2D eigenvalue weighted by Gasteiger charge is -2.27. The van der Waals surface area contributed by atoms with Crippen molar-refractivity contribution in [3.05, 3.63) is 28.2 Å². The number of rotatable bonds is 5. The molecule has 1 aromatic carbocycles. The van der Waals surface area contributed by atoms with Gasteiger partial charge in [-0.15, -0.1) is 0 Å². The summed E-state index contributed by atoms with van der Waals surface area (Å²) in [4.78, 5) is 4.85. The highest BCUT2D eigenvalue weighted by molar-refractivity contribution is 9.10. The highest BCUT2D eigenvalue weighted by Crippen LogP contribution is 2.27. The van der Waals surface area contributed by atoms with Crippen LogP contribution in [0.1, 0.15) is 18.4 Å². The molecule has 1 aliphatic rings. The first kappa shape index (κ1) is 14.8. The molecule has 1 aromatic rings. The van der Waals surface area contributed by atoms with E-state index >= 15 is 0 Å². The largest absolute Gasteiger partial charge is 0.496 e. The predicted octanol–water partition coefficient (Wildman–Crippen LogP) is 2.98. The summed E-state index contributed by atoms with van der Waals surface area (Å²) in [6, 6.07) is 6.91. The van der Waals surface area contributed by atoms with Gasteiger partial charge in [0.15, 0.2) is 0 Å². The van der Waals surface area contributed by atoms with Gasteiger partial charge < -0.3 is 9.64 Å². The van der Waals surface area contributed by atoms with Crippen LogP contribution in [0.5, 0.6) is 5.75 Å². The van der Waals surface area contributed by atoms with Crippen LogP contribution in [0.2, 0.25) is 0 Å². The monoisotopic (exact) mass is 326 g/mol. The lowest BCUT2D eigenvalue weighted by molar-refractivity contribution is 0.199. The van der Waals surface area contributed by atoms with Gasteiger partial charge in [0.2, 0.25) is 0 Å². The lowest BCUT2D eigenvalue weighted by atomic mass is 10.1. The number of halogens is 1. The van der Waals surface area contributed by atoms with Gasteiger partial charge in [-0.25, -0.2) is 0 Å². The average molecular weight is 327 g/mol. The number of likely N-dealkylation sites (N-methyl/N-ethyl adjacent to an activating group) is 1. The van der Waals surface area contributed by atoms with Gasteiger partial charge in [-0.3, -0.25) is 4.90 Å². The topological polar surface area (TPSA) is 15.7 Å². The van der Waals surface area contributed by atoms with Crippen molar-refractivity contribution in [1.29, 1.82) is 0 Å². The maximum absolute atomic E-state index is 5.47. The van der Waals surface area contributed by atoms with E-state index in [4.69, 9.17) is 4.74 Å². The normalized spacial score (nSPS) is 20.2. The molecule has 1 saturated heterocycles. The Bertz CT molecular complexity index is 423. The molecule has 106 valence electrons. The van der Waals surface area contributed by atoms with Crippen LogP contribution in [0.15, 0.2) is 22.7 Å². The summed E-state index contributed by atoms with van der Waals surface area (Å²) in [7, 11) is 6.04. The van der Waals surface area contributed by atoms with Crippen LogP contribution < -0.4 is 4.74 Å². The molecule has 0 radical (unpaired) electrons. The molecule has 2 rings (SSSR count). The van der Waals surface area contributed by atoms with E-state index in [1.807, 2.05) is 12.1 Å². The minimum atomic E-state index is 0.665. The number of hydrogen-bond donors (Lipinski definition) is 0. The van der Waals surface area contributed by atoms with Crippen LogP contribution in [-0.4, -0.2) is 50.1 Å². The molecule has 1 atom stereocenters. The maximum atomic E-state index is 5.47. The standard InChI is InChI=1S/C15H23BrN2O/c1-17(2)11-14-5-4-8-18(14)10-12-9-13(16)6-7-15(12)19-3/h6-7,9,14H,4-5,8,10-11H2,1-3H3. The predicted molar refractivity (Wildman–Crippen MR) is 82.7 cm³/mol. The zero-order chi connectivity index (χ0) is 13.8. The van der Waals surface area contributed by atoms with E-state index in [0.29, 0.717) is 6.04 Å². The van der Waals surface area contributed by atoms with Gasteiger partial charge in [-0.2, -0.15) is 0 Å². The fraction of sp³-hybridized carbons (Fsp3) is 0.600. The quantitative estimate of drug-likeness (QED) is 0.827. The zero-order valence-electron chi connectivity index (χ0n) is 12.0. The average Bonchev–Trinajstić information content (AvgIpc) is 2.76. The summed E-state index contributed by atoms with van der Waals surface area (Å²) < 4.78 is 6.59. The highest BCUT2D eigenvalue weighted by atomic mass is 79.9. The second kappa shape index (κ2) is 6.73. The van der Waals surface area contributed by atoms with E-state index < -0.39 is 0 Å². The van der Waals surface area contributed by atoms with Gasteiger partial charge in [0.05, 0.1) is 7.11 Å². The minimum Gasteiger partial charge on any atom is -0.496 e. The molecule has 1 heterocycles. The molecule has 3 nitrogen and oxygen atoms in total. The summed E-state index contributed by atoms with van der Waals surface area (Å²) in [6.07, 6.45) is 2.60. The molecule has 1 aliphatic heterocycles. The van der Waals surface area contributed by atoms with Crippen LogP contribution in [0, 0.1) is 0 Å². The van der Waals surface area contributed by atoms with Crippen LogP contribution in [0.4, 0.5) is 0 Å². The second-order valence-corrected chi connectivity index (χ2v) is 6.40. The molecule has 0 saturated carbocycles. The van der Waals surface area contributed by atoms with E-state index in [-0.39, 0.29) is 0 Å². The van der Waals surface area contributed by atoms with Gasteiger partial charge in [0.1, 0.15) is 5.75 Å². The van der Waals surface area contributed by atoms with Crippen molar-refractivity contribution < 1.29 is 4.74 Å². The van der Waals surface area contributed by atoms with Crippen molar-refractivity contribution in [3.63, 3.8) is 0 Å². The Kier molecular flexibility index (Phi) is 5.25. The van der Waals surface area contributed by atoms with Crippen molar-refractivity contribution in [3.8, 4) is 5.75 Å². The third kappa shape index (κ3) is 3.94. The molecule has 0 amide bonds. The molecule has 0 N–H and O–H groups in total. The number of methoxy groups -OCH3 is 1. The van der Waals surface area contributed by atoms with Crippen molar-refractivity contribution in [2.45, 2.75) is 25.4 Å². The van der Waals surface area contributed by atoms with Crippen LogP contribution in [-0.2, 0) is 6.54 Å². The minimum absolute atomic E-state index is 0.665. The molecule has 1 unspecified atom stereocenters. The van der Waals surface area contributed by atoms with Crippen molar-refractivity contribution in [2.24, 2.45) is 0 Å². The Morgan fingerprint density at radius 3 is 2.89 bits per heavy atom. The van der Waals surface area contributed by atoms with E-state index in [0.717, 1.165) is 23.3 Å². The zero-order valence-corrected chi connectivity index (χ0v) is 13.6. The fourth-order valence-corrected chi connectivity index (χ4v) is 3.23. The maximum Gasteiger partial charge on any atom is 0.123 e. The number of nitrogens with zero attached hydrogens (tertiary/aromatic N) is 2. The first-order valence-corrected chi connectivity index (χ1v) is 7.60. The van der Waals surface area contributed by atoms with Crippen molar-refractivity contribution >= 4 is 15.9 Å². The van der Waals surface area contributed by atoms with E-state index in [1.54, 1.807) is 7.11 Å². The molecule has 0 aliphatic carbocycles. The summed E-state index contributed by atoms with van der Waals surface area (Å²) in [5.74, 6) is 0.985. The Morgan fingerprint density at radius 1 is 1.42 bits per heavy atom. The summed E-state index contributed by atoms with van der Waals surface area (Å²) in [6.45, 7) is 3.30. The van der Waals surface area contributed by atoms with E-state index in [2.05, 4.69) is 45.9 Å². The molecular formula is C15H23BrN2O. The van der Waals surface area contributed by atoms with Gasteiger partial charge in [-0.05, 0) is 51.7 Å². The van der Waals surface area contributed by atoms with Crippen molar-refractivity contribution in [1.82, 2.24) is 9.80 Å². The van der Waals surface area contributed by atoms with E-state index in [1.165, 1.54) is 24.9 Å². The second-order valence-electron chi connectivity index (χ2n) is 5.48. The van der Waals surface area contributed by atoms with Crippen molar-refractivity contribution in [2.75, 3.05) is 34.3 Å². The third-order valence-electron chi connectivity index (χ3n) is 3.69. The fourth-order valence-electron chi connectivity index (χ4n) is 2.82. The Hall–Kier alpha value is -0.580. The molecule has 0 bridgehead atoms. The number of ether oxygens (including phenoxy) is 1. The smallest absolute Gasteiger partial charge is 0.123 e. The SMILES string of the molecule is COc1ccc(Br)cc1CN1CCCC1CN(C)C.